The zero-order valence-electron chi connectivity index (χ0n) is 14.0. The molecule has 0 bridgehead atoms. The number of hydrogen-bond acceptors (Lipinski definition) is 2. The minimum Gasteiger partial charge on any atom is -0.372 e. The summed E-state index contributed by atoms with van der Waals surface area (Å²) in [4.78, 5) is 14.9. The molecule has 3 aromatic carbocycles. The van der Waals surface area contributed by atoms with Gasteiger partial charge in [0.1, 0.15) is 0 Å². The molecule has 0 aromatic heterocycles. The van der Waals surface area contributed by atoms with E-state index >= 15 is 0 Å². The van der Waals surface area contributed by atoms with Crippen LogP contribution in [0.1, 0.15) is 22.3 Å². The molecule has 1 aliphatic rings. The Labute approximate surface area is 147 Å². The van der Waals surface area contributed by atoms with Gasteiger partial charge in [-0.05, 0) is 24.1 Å². The first-order chi connectivity index (χ1) is 12.1. The van der Waals surface area contributed by atoms with Gasteiger partial charge >= 0.3 is 0 Å². The van der Waals surface area contributed by atoms with Crippen LogP contribution in [0, 0.1) is 6.92 Å². The Balaban J connectivity index is 1.82. The van der Waals surface area contributed by atoms with Crippen LogP contribution in [0.5, 0.6) is 0 Å². The predicted octanol–water partition coefficient (Wildman–Crippen LogP) is 3.78. The molecule has 3 aromatic rings. The molecule has 1 unspecified atom stereocenters. The highest BCUT2D eigenvalue weighted by atomic mass is 16.3. The van der Waals surface area contributed by atoms with E-state index < -0.39 is 5.60 Å². The van der Waals surface area contributed by atoms with Gasteiger partial charge in [0.2, 0.25) is 0 Å². The number of benzene rings is 3. The van der Waals surface area contributed by atoms with E-state index in [0.29, 0.717) is 17.7 Å². The number of amides is 1. The van der Waals surface area contributed by atoms with Gasteiger partial charge in [-0.25, -0.2) is 0 Å². The number of aliphatic hydroxyl groups is 1. The largest absolute Gasteiger partial charge is 0.372 e. The Morgan fingerprint density at radius 2 is 1.64 bits per heavy atom. The van der Waals surface area contributed by atoms with Gasteiger partial charge in [-0.3, -0.25) is 4.79 Å². The first kappa shape index (κ1) is 15.6. The number of carbonyl (C=O) groups excluding carboxylic acids is 1. The third-order valence-electron chi connectivity index (χ3n) is 4.75. The Bertz CT molecular complexity index is 936. The van der Waals surface area contributed by atoms with Crippen LogP contribution >= 0.6 is 0 Å². The lowest BCUT2D eigenvalue weighted by Gasteiger charge is -2.24. The van der Waals surface area contributed by atoms with E-state index in [0.717, 1.165) is 16.8 Å². The maximum absolute atomic E-state index is 13.2. The zero-order valence-corrected chi connectivity index (χ0v) is 14.0. The SMILES string of the molecule is Cc1cccc(CN2C(=O)C(O)(c3ccccc3)c3ccccc32)c1. The summed E-state index contributed by atoms with van der Waals surface area (Å²) in [6, 6.07) is 24.7. The molecule has 1 heterocycles. The molecule has 0 saturated heterocycles. The topological polar surface area (TPSA) is 40.5 Å². The second-order valence-corrected chi connectivity index (χ2v) is 6.47. The van der Waals surface area contributed by atoms with Crippen LogP contribution in [0.2, 0.25) is 0 Å². The highest BCUT2D eigenvalue weighted by Crippen LogP contribution is 2.44. The van der Waals surface area contributed by atoms with E-state index in [-0.39, 0.29) is 5.91 Å². The maximum Gasteiger partial charge on any atom is 0.268 e. The molecule has 1 atom stereocenters. The van der Waals surface area contributed by atoms with Crippen LogP contribution in [0.15, 0.2) is 78.9 Å². The molecule has 0 radical (unpaired) electrons. The Morgan fingerprint density at radius 3 is 2.40 bits per heavy atom. The van der Waals surface area contributed by atoms with Crippen molar-refractivity contribution >= 4 is 11.6 Å². The number of nitrogens with zero attached hydrogens (tertiary/aromatic N) is 1. The van der Waals surface area contributed by atoms with Gasteiger partial charge in [-0.15, -0.1) is 0 Å². The van der Waals surface area contributed by atoms with Gasteiger partial charge in [-0.1, -0.05) is 78.4 Å². The molecule has 0 spiro atoms. The van der Waals surface area contributed by atoms with Crippen molar-refractivity contribution in [2.75, 3.05) is 4.90 Å². The van der Waals surface area contributed by atoms with Crippen LogP contribution in [-0.4, -0.2) is 11.0 Å². The lowest BCUT2D eigenvalue weighted by Crippen LogP contribution is -2.40. The molecule has 1 N–H and O–H groups in total. The smallest absolute Gasteiger partial charge is 0.268 e. The quantitative estimate of drug-likeness (QED) is 0.794. The van der Waals surface area contributed by atoms with Crippen LogP contribution in [0.4, 0.5) is 5.69 Å². The molecule has 25 heavy (non-hydrogen) atoms. The van der Waals surface area contributed by atoms with E-state index in [1.807, 2.05) is 67.6 Å². The summed E-state index contributed by atoms with van der Waals surface area (Å²) in [5, 5.41) is 11.4. The van der Waals surface area contributed by atoms with Gasteiger partial charge in [0.25, 0.3) is 5.91 Å². The van der Waals surface area contributed by atoms with Crippen LogP contribution < -0.4 is 4.90 Å². The van der Waals surface area contributed by atoms with Gasteiger partial charge in [0, 0.05) is 5.56 Å². The summed E-state index contributed by atoms with van der Waals surface area (Å²) in [6.45, 7) is 2.47. The number of anilines is 1. The molecular formula is C22H19NO2. The van der Waals surface area contributed by atoms with Crippen molar-refractivity contribution in [3.05, 3.63) is 101 Å². The average molecular weight is 329 g/mol. The molecule has 1 amide bonds. The number of rotatable bonds is 3. The molecule has 4 rings (SSSR count). The second kappa shape index (κ2) is 5.87. The van der Waals surface area contributed by atoms with Gasteiger partial charge < -0.3 is 10.0 Å². The fraction of sp³-hybridized carbons (Fsp3) is 0.136. The molecule has 0 aliphatic carbocycles. The summed E-state index contributed by atoms with van der Waals surface area (Å²) in [7, 11) is 0. The van der Waals surface area contributed by atoms with E-state index in [1.54, 1.807) is 17.0 Å². The fourth-order valence-electron chi connectivity index (χ4n) is 3.54. The molecule has 0 saturated carbocycles. The molecule has 3 heteroatoms. The molecule has 124 valence electrons. The number of para-hydroxylation sites is 1. The standard InChI is InChI=1S/C22H19NO2/c1-16-8-7-9-17(14-16)15-23-20-13-6-5-12-19(20)22(25,21(23)24)18-10-3-2-4-11-18/h2-14,25H,15H2,1H3. The summed E-state index contributed by atoms with van der Waals surface area (Å²) < 4.78 is 0. The minimum absolute atomic E-state index is 0.304. The third-order valence-corrected chi connectivity index (χ3v) is 4.75. The van der Waals surface area contributed by atoms with Crippen LogP contribution in [-0.2, 0) is 16.9 Å². The summed E-state index contributed by atoms with van der Waals surface area (Å²) >= 11 is 0. The Hall–Kier alpha value is -2.91. The molecule has 0 fully saturated rings. The van der Waals surface area contributed by atoms with Crippen molar-refractivity contribution in [1.29, 1.82) is 0 Å². The van der Waals surface area contributed by atoms with Crippen molar-refractivity contribution in [1.82, 2.24) is 0 Å². The first-order valence-corrected chi connectivity index (χ1v) is 8.35. The normalized spacial score (nSPS) is 19.1. The van der Waals surface area contributed by atoms with Gasteiger partial charge in [0.15, 0.2) is 5.60 Å². The maximum atomic E-state index is 13.2. The van der Waals surface area contributed by atoms with E-state index in [9.17, 15) is 9.90 Å². The van der Waals surface area contributed by atoms with Crippen molar-refractivity contribution < 1.29 is 9.90 Å². The Morgan fingerprint density at radius 1 is 0.920 bits per heavy atom. The number of fused-ring (bicyclic) bond motifs is 1. The number of aryl methyl sites for hydroxylation is 1. The van der Waals surface area contributed by atoms with E-state index in [4.69, 9.17) is 0 Å². The lowest BCUT2D eigenvalue weighted by molar-refractivity contribution is -0.132. The molecule has 1 aliphatic heterocycles. The number of hydrogen-bond donors (Lipinski definition) is 1. The predicted molar refractivity (Wildman–Crippen MR) is 98.3 cm³/mol. The van der Waals surface area contributed by atoms with Gasteiger partial charge in [-0.2, -0.15) is 0 Å². The van der Waals surface area contributed by atoms with Crippen molar-refractivity contribution in [3.63, 3.8) is 0 Å². The zero-order chi connectivity index (χ0) is 17.4. The highest BCUT2D eigenvalue weighted by Gasteiger charge is 2.50. The summed E-state index contributed by atoms with van der Waals surface area (Å²) in [5.74, 6) is -0.304. The summed E-state index contributed by atoms with van der Waals surface area (Å²) in [6.07, 6.45) is 0. The van der Waals surface area contributed by atoms with Crippen LogP contribution in [0.25, 0.3) is 0 Å². The van der Waals surface area contributed by atoms with Crippen molar-refractivity contribution in [2.45, 2.75) is 19.1 Å². The van der Waals surface area contributed by atoms with Crippen LogP contribution in [0.3, 0.4) is 0 Å². The highest BCUT2D eigenvalue weighted by molar-refractivity contribution is 6.09. The Kier molecular flexibility index (Phi) is 3.66. The first-order valence-electron chi connectivity index (χ1n) is 8.35. The monoisotopic (exact) mass is 329 g/mol. The molecular weight excluding hydrogens is 310 g/mol. The van der Waals surface area contributed by atoms with Crippen molar-refractivity contribution in [3.8, 4) is 0 Å². The van der Waals surface area contributed by atoms with E-state index in [2.05, 4.69) is 6.07 Å². The average Bonchev–Trinajstić information content (AvgIpc) is 2.86. The van der Waals surface area contributed by atoms with Gasteiger partial charge in [0.05, 0.1) is 12.2 Å². The second-order valence-electron chi connectivity index (χ2n) is 6.47. The van der Waals surface area contributed by atoms with E-state index in [1.165, 1.54) is 0 Å². The molecule has 3 nitrogen and oxygen atoms in total. The lowest BCUT2D eigenvalue weighted by atomic mass is 9.88. The van der Waals surface area contributed by atoms with Crippen molar-refractivity contribution in [2.24, 2.45) is 0 Å². The fourth-order valence-corrected chi connectivity index (χ4v) is 3.54. The number of carbonyl (C=O) groups is 1. The third kappa shape index (κ3) is 2.44. The minimum atomic E-state index is -1.64. The summed E-state index contributed by atoms with van der Waals surface area (Å²) in [5.41, 5.74) is 2.55.